The molecule has 1 aromatic rings. The molecule has 24 heavy (non-hydrogen) atoms. The molecule has 2 amide bonds. The molecule has 0 saturated carbocycles. The Balaban J connectivity index is 2.04. The number of rotatable bonds is 7. The van der Waals surface area contributed by atoms with Gasteiger partial charge in [-0.15, -0.1) is 0 Å². The Bertz CT molecular complexity index is 556. The Labute approximate surface area is 144 Å². The van der Waals surface area contributed by atoms with Gasteiger partial charge in [0.05, 0.1) is 13.0 Å². The van der Waals surface area contributed by atoms with Crippen LogP contribution in [-0.2, 0) is 16.0 Å². The highest BCUT2D eigenvalue weighted by atomic mass is 16.5. The average Bonchev–Trinajstić information content (AvgIpc) is 2.58. The number of ether oxygens (including phenoxy) is 1. The van der Waals surface area contributed by atoms with Crippen LogP contribution in [0.5, 0.6) is 5.75 Å². The van der Waals surface area contributed by atoms with Gasteiger partial charge in [-0.05, 0) is 31.0 Å². The second kappa shape index (κ2) is 8.71. The van der Waals surface area contributed by atoms with Crippen LogP contribution >= 0.6 is 0 Å². The molecule has 1 atom stereocenters. The minimum absolute atomic E-state index is 0.0294. The van der Waals surface area contributed by atoms with E-state index >= 15 is 0 Å². The van der Waals surface area contributed by atoms with Crippen LogP contribution in [0.15, 0.2) is 24.3 Å². The molecule has 0 aliphatic carbocycles. The van der Waals surface area contributed by atoms with Gasteiger partial charge in [-0.25, -0.2) is 0 Å². The molecule has 0 N–H and O–H groups in total. The summed E-state index contributed by atoms with van der Waals surface area (Å²) in [6, 6.07) is 7.30. The van der Waals surface area contributed by atoms with E-state index < -0.39 is 0 Å². The molecule has 132 valence electrons. The van der Waals surface area contributed by atoms with E-state index in [4.69, 9.17) is 4.74 Å². The minimum atomic E-state index is -0.307. The Morgan fingerprint density at radius 2 is 1.92 bits per heavy atom. The summed E-state index contributed by atoms with van der Waals surface area (Å²) in [7, 11) is 1.82. The Morgan fingerprint density at radius 1 is 1.21 bits per heavy atom. The lowest BCUT2D eigenvalue weighted by molar-refractivity contribution is -0.150. The molecule has 1 saturated heterocycles. The number of hydrogen-bond donors (Lipinski definition) is 0. The van der Waals surface area contributed by atoms with E-state index in [0.29, 0.717) is 26.1 Å². The molecule has 1 fully saturated rings. The van der Waals surface area contributed by atoms with Crippen molar-refractivity contribution >= 4 is 11.8 Å². The molecule has 0 spiro atoms. The van der Waals surface area contributed by atoms with Crippen LogP contribution in [0.2, 0.25) is 0 Å². The van der Waals surface area contributed by atoms with Gasteiger partial charge in [0.1, 0.15) is 11.8 Å². The lowest BCUT2D eigenvalue weighted by Crippen LogP contribution is -2.57. The molecule has 0 radical (unpaired) electrons. The molecule has 1 aromatic carbocycles. The lowest BCUT2D eigenvalue weighted by Gasteiger charge is -2.39. The largest absolute Gasteiger partial charge is 0.494 e. The number of amides is 2. The SMILES string of the molecule is CCCC[C@@H]1C(=O)N(C)CCN1C(=O)Cc1ccc(OCC)cc1. The highest BCUT2D eigenvalue weighted by molar-refractivity contribution is 5.89. The van der Waals surface area contributed by atoms with Gasteiger partial charge in [-0.3, -0.25) is 9.59 Å². The summed E-state index contributed by atoms with van der Waals surface area (Å²) >= 11 is 0. The first-order valence-electron chi connectivity index (χ1n) is 8.83. The number of piperazine rings is 1. The molecule has 1 aliphatic rings. The standard InChI is InChI=1S/C19H28N2O3/c1-4-6-7-17-19(23)20(3)12-13-21(17)18(22)14-15-8-10-16(11-9-15)24-5-2/h8-11,17H,4-7,12-14H2,1-3H3/t17-/m1/s1. The molecule has 1 heterocycles. The van der Waals surface area contributed by atoms with E-state index in [1.165, 1.54) is 0 Å². The number of benzene rings is 1. The van der Waals surface area contributed by atoms with E-state index in [0.717, 1.165) is 30.6 Å². The second-order valence-electron chi connectivity index (χ2n) is 6.26. The van der Waals surface area contributed by atoms with Gasteiger partial charge in [-0.1, -0.05) is 31.9 Å². The normalized spacial score (nSPS) is 18.0. The smallest absolute Gasteiger partial charge is 0.245 e. The van der Waals surface area contributed by atoms with Crippen molar-refractivity contribution in [1.29, 1.82) is 0 Å². The predicted octanol–water partition coefficient (Wildman–Crippen LogP) is 2.49. The zero-order valence-corrected chi connectivity index (χ0v) is 15.0. The molecule has 0 aromatic heterocycles. The number of carbonyl (C=O) groups excluding carboxylic acids is 2. The monoisotopic (exact) mass is 332 g/mol. The number of likely N-dealkylation sites (N-methyl/N-ethyl adjacent to an activating group) is 1. The highest BCUT2D eigenvalue weighted by Crippen LogP contribution is 2.19. The van der Waals surface area contributed by atoms with E-state index in [-0.39, 0.29) is 17.9 Å². The van der Waals surface area contributed by atoms with Crippen LogP contribution in [0.1, 0.15) is 38.7 Å². The van der Waals surface area contributed by atoms with E-state index in [2.05, 4.69) is 6.92 Å². The highest BCUT2D eigenvalue weighted by Gasteiger charge is 2.35. The summed E-state index contributed by atoms with van der Waals surface area (Å²) in [4.78, 5) is 28.7. The van der Waals surface area contributed by atoms with Gasteiger partial charge in [0.15, 0.2) is 0 Å². The molecule has 0 unspecified atom stereocenters. The molecule has 5 nitrogen and oxygen atoms in total. The van der Waals surface area contributed by atoms with Crippen LogP contribution in [0.3, 0.4) is 0 Å². The third kappa shape index (κ3) is 4.49. The number of unbranched alkanes of at least 4 members (excludes halogenated alkanes) is 1. The first-order valence-corrected chi connectivity index (χ1v) is 8.83. The van der Waals surface area contributed by atoms with Crippen molar-refractivity contribution in [2.45, 2.75) is 45.6 Å². The quantitative estimate of drug-likeness (QED) is 0.771. The third-order valence-electron chi connectivity index (χ3n) is 4.45. The van der Waals surface area contributed by atoms with Crippen molar-refractivity contribution in [2.24, 2.45) is 0 Å². The lowest BCUT2D eigenvalue weighted by atomic mass is 10.0. The average molecular weight is 332 g/mol. The number of hydrogen-bond acceptors (Lipinski definition) is 3. The fourth-order valence-corrected chi connectivity index (χ4v) is 3.03. The van der Waals surface area contributed by atoms with Gasteiger partial charge in [0, 0.05) is 20.1 Å². The van der Waals surface area contributed by atoms with Gasteiger partial charge in [-0.2, -0.15) is 0 Å². The van der Waals surface area contributed by atoms with Crippen molar-refractivity contribution in [3.8, 4) is 5.75 Å². The maximum atomic E-state index is 12.7. The van der Waals surface area contributed by atoms with Crippen molar-refractivity contribution in [3.05, 3.63) is 29.8 Å². The number of nitrogens with zero attached hydrogens (tertiary/aromatic N) is 2. The van der Waals surface area contributed by atoms with Gasteiger partial charge >= 0.3 is 0 Å². The third-order valence-corrected chi connectivity index (χ3v) is 4.45. The maximum absolute atomic E-state index is 12.7. The zero-order valence-electron chi connectivity index (χ0n) is 15.0. The molecule has 5 heteroatoms. The molecule has 2 rings (SSSR count). The fraction of sp³-hybridized carbons (Fsp3) is 0.579. The molecular weight excluding hydrogens is 304 g/mol. The van der Waals surface area contributed by atoms with Crippen LogP contribution < -0.4 is 4.74 Å². The van der Waals surface area contributed by atoms with Crippen LogP contribution in [0.25, 0.3) is 0 Å². The fourth-order valence-electron chi connectivity index (χ4n) is 3.03. The maximum Gasteiger partial charge on any atom is 0.245 e. The van der Waals surface area contributed by atoms with Crippen molar-refractivity contribution in [1.82, 2.24) is 9.80 Å². The van der Waals surface area contributed by atoms with Crippen LogP contribution in [0, 0.1) is 0 Å². The summed E-state index contributed by atoms with van der Waals surface area (Å²) in [5.41, 5.74) is 0.948. The summed E-state index contributed by atoms with van der Waals surface area (Å²) in [6.45, 7) is 5.89. The Kier molecular flexibility index (Phi) is 6.64. The molecular formula is C19H28N2O3. The molecule has 1 aliphatic heterocycles. The van der Waals surface area contributed by atoms with Crippen LogP contribution in [0.4, 0.5) is 0 Å². The van der Waals surface area contributed by atoms with Crippen molar-refractivity contribution in [3.63, 3.8) is 0 Å². The first-order chi connectivity index (χ1) is 11.6. The van der Waals surface area contributed by atoms with Crippen molar-refractivity contribution < 1.29 is 14.3 Å². The van der Waals surface area contributed by atoms with Gasteiger partial charge in [0.2, 0.25) is 11.8 Å². The van der Waals surface area contributed by atoms with E-state index in [1.807, 2.05) is 38.2 Å². The minimum Gasteiger partial charge on any atom is -0.494 e. The topological polar surface area (TPSA) is 49.9 Å². The summed E-state index contributed by atoms with van der Waals surface area (Å²) in [5, 5.41) is 0. The summed E-state index contributed by atoms with van der Waals surface area (Å²) in [6.07, 6.45) is 3.05. The van der Waals surface area contributed by atoms with Gasteiger partial charge in [0.25, 0.3) is 0 Å². The van der Waals surface area contributed by atoms with Crippen molar-refractivity contribution in [2.75, 3.05) is 26.7 Å². The van der Waals surface area contributed by atoms with E-state index in [1.54, 1.807) is 9.80 Å². The second-order valence-corrected chi connectivity index (χ2v) is 6.26. The van der Waals surface area contributed by atoms with Gasteiger partial charge < -0.3 is 14.5 Å². The summed E-state index contributed by atoms with van der Waals surface area (Å²) < 4.78 is 5.42. The molecule has 0 bridgehead atoms. The predicted molar refractivity (Wildman–Crippen MR) is 94.0 cm³/mol. The Hall–Kier alpha value is -2.04. The van der Waals surface area contributed by atoms with E-state index in [9.17, 15) is 9.59 Å². The number of carbonyl (C=O) groups is 2. The Morgan fingerprint density at radius 3 is 2.54 bits per heavy atom. The zero-order chi connectivity index (χ0) is 17.5. The first kappa shape index (κ1) is 18.3. The van der Waals surface area contributed by atoms with Crippen LogP contribution in [-0.4, -0.2) is 54.4 Å². The summed E-state index contributed by atoms with van der Waals surface area (Å²) in [5.74, 6) is 0.903.